The van der Waals surface area contributed by atoms with Gasteiger partial charge in [-0.15, -0.1) is 0 Å². The molecule has 0 heteroatoms. The lowest BCUT2D eigenvalue weighted by Gasteiger charge is -2.49. The second-order valence-corrected chi connectivity index (χ2v) is 6.81. The maximum Gasteiger partial charge on any atom is -0.0241 e. The molecule has 0 aromatic carbocycles. The first-order chi connectivity index (χ1) is 5.86. The Kier molecular flexibility index (Phi) is 1.85. The van der Waals surface area contributed by atoms with E-state index in [0.717, 1.165) is 23.2 Å². The third-order valence-electron chi connectivity index (χ3n) is 4.99. The molecule has 2 bridgehead atoms. The lowest BCUT2D eigenvalue weighted by Crippen LogP contribution is -2.40. The molecule has 1 atom stereocenters. The second-order valence-electron chi connectivity index (χ2n) is 6.81. The number of fused-ring (bicyclic) bond motifs is 1. The monoisotopic (exact) mass is 180 g/mol. The average Bonchev–Trinajstić information content (AvgIpc) is 2.33. The molecule has 3 rings (SSSR count). The van der Waals surface area contributed by atoms with Gasteiger partial charge in [-0.2, -0.15) is 0 Å². The van der Waals surface area contributed by atoms with Crippen LogP contribution in [-0.2, 0) is 0 Å². The molecule has 1 unspecified atom stereocenters. The number of hydrogen-bond acceptors (Lipinski definition) is 0. The van der Waals surface area contributed by atoms with Crippen LogP contribution in [0.3, 0.4) is 0 Å². The van der Waals surface area contributed by atoms with E-state index in [1.54, 1.807) is 0 Å². The third-order valence-corrected chi connectivity index (χ3v) is 4.99. The molecule has 0 N–H and O–H groups in total. The molecule has 0 aliphatic heterocycles. The number of hydrogen-bond donors (Lipinski definition) is 0. The summed E-state index contributed by atoms with van der Waals surface area (Å²) in [6.45, 7) is 12.1. The number of rotatable bonds is 1. The Labute approximate surface area is 83.1 Å². The zero-order chi connectivity index (χ0) is 9.85. The summed E-state index contributed by atoms with van der Waals surface area (Å²) in [5, 5.41) is 0. The zero-order valence-corrected chi connectivity index (χ0v) is 9.85. The molecule has 0 amide bonds. The van der Waals surface area contributed by atoms with Gasteiger partial charge >= 0.3 is 0 Å². The van der Waals surface area contributed by atoms with Crippen molar-refractivity contribution in [3.05, 3.63) is 0 Å². The van der Waals surface area contributed by atoms with Gasteiger partial charge in [0, 0.05) is 0 Å². The third kappa shape index (κ3) is 1.17. The Balaban J connectivity index is 2.11. The fraction of sp³-hybridized carbons (Fsp3) is 1.00. The Morgan fingerprint density at radius 1 is 1.08 bits per heavy atom. The van der Waals surface area contributed by atoms with Gasteiger partial charge in [0.1, 0.15) is 0 Å². The van der Waals surface area contributed by atoms with Crippen molar-refractivity contribution >= 4 is 0 Å². The Hall–Kier alpha value is 0. The lowest BCUT2D eigenvalue weighted by molar-refractivity contribution is 0.00882. The molecule has 0 spiro atoms. The molecule has 13 heavy (non-hydrogen) atoms. The molecule has 0 aromatic rings. The van der Waals surface area contributed by atoms with Crippen LogP contribution in [0.1, 0.15) is 53.9 Å². The van der Waals surface area contributed by atoms with E-state index < -0.39 is 0 Å². The molecule has 0 nitrogen and oxygen atoms in total. The summed E-state index contributed by atoms with van der Waals surface area (Å²) >= 11 is 0. The van der Waals surface area contributed by atoms with Crippen molar-refractivity contribution < 1.29 is 0 Å². The van der Waals surface area contributed by atoms with Gasteiger partial charge in [-0.1, -0.05) is 34.6 Å². The normalized spacial score (nSPS) is 43.8. The maximum atomic E-state index is 2.44. The van der Waals surface area contributed by atoms with Crippen molar-refractivity contribution in [3.8, 4) is 0 Å². The predicted molar refractivity (Wildman–Crippen MR) is 57.6 cm³/mol. The summed E-state index contributed by atoms with van der Waals surface area (Å²) in [7, 11) is 0. The van der Waals surface area contributed by atoms with E-state index in [-0.39, 0.29) is 0 Å². The van der Waals surface area contributed by atoms with E-state index in [2.05, 4.69) is 34.6 Å². The molecule has 3 aliphatic rings. The summed E-state index contributed by atoms with van der Waals surface area (Å²) < 4.78 is 0. The molecular weight excluding hydrogens is 156 g/mol. The second kappa shape index (κ2) is 2.52. The van der Waals surface area contributed by atoms with Gasteiger partial charge in [-0.3, -0.25) is 0 Å². The van der Waals surface area contributed by atoms with Crippen molar-refractivity contribution in [3.63, 3.8) is 0 Å². The minimum atomic E-state index is 0.549. The van der Waals surface area contributed by atoms with Crippen LogP contribution in [0.25, 0.3) is 0 Å². The van der Waals surface area contributed by atoms with Crippen LogP contribution >= 0.6 is 0 Å². The highest BCUT2D eigenvalue weighted by molar-refractivity contribution is 5.10. The molecule has 76 valence electrons. The van der Waals surface area contributed by atoms with Gasteiger partial charge in [0.15, 0.2) is 0 Å². The summed E-state index contributed by atoms with van der Waals surface area (Å²) in [5.41, 5.74) is 1.28. The highest BCUT2D eigenvalue weighted by atomic mass is 14.7. The topological polar surface area (TPSA) is 0 Å². The minimum absolute atomic E-state index is 0.549. The average molecular weight is 180 g/mol. The molecular formula is C13H24. The Bertz CT molecular complexity index is 201. The van der Waals surface area contributed by atoms with E-state index in [9.17, 15) is 0 Å². The van der Waals surface area contributed by atoms with Crippen LogP contribution < -0.4 is 0 Å². The van der Waals surface area contributed by atoms with Crippen LogP contribution in [0.5, 0.6) is 0 Å². The van der Waals surface area contributed by atoms with E-state index >= 15 is 0 Å². The zero-order valence-electron chi connectivity index (χ0n) is 9.85. The Morgan fingerprint density at radius 3 is 1.85 bits per heavy atom. The molecule has 0 heterocycles. The quantitative estimate of drug-likeness (QED) is 0.570. The fourth-order valence-electron chi connectivity index (χ4n) is 3.73. The Morgan fingerprint density at radius 2 is 1.62 bits per heavy atom. The van der Waals surface area contributed by atoms with Gasteiger partial charge in [0.25, 0.3) is 0 Å². The molecule has 0 radical (unpaired) electrons. The van der Waals surface area contributed by atoms with Crippen molar-refractivity contribution in [2.45, 2.75) is 53.9 Å². The summed E-state index contributed by atoms with van der Waals surface area (Å²) in [5.74, 6) is 3.04. The fourth-order valence-corrected chi connectivity index (χ4v) is 3.73. The van der Waals surface area contributed by atoms with Crippen LogP contribution in [0, 0.1) is 28.6 Å². The molecule has 3 fully saturated rings. The van der Waals surface area contributed by atoms with Crippen molar-refractivity contribution in [1.82, 2.24) is 0 Å². The van der Waals surface area contributed by atoms with E-state index in [1.807, 2.05) is 0 Å². The highest BCUT2D eigenvalue weighted by Gasteiger charge is 2.60. The first-order valence-electron chi connectivity index (χ1n) is 5.86. The molecule has 3 saturated carbocycles. The maximum absolute atomic E-state index is 2.44. The van der Waals surface area contributed by atoms with Gasteiger partial charge in [-0.25, -0.2) is 0 Å². The molecule has 0 aromatic heterocycles. The van der Waals surface area contributed by atoms with Gasteiger partial charge < -0.3 is 0 Å². The summed E-state index contributed by atoms with van der Waals surface area (Å²) in [6.07, 6.45) is 4.57. The van der Waals surface area contributed by atoms with E-state index in [1.165, 1.54) is 19.3 Å². The van der Waals surface area contributed by atoms with Crippen LogP contribution in [0.2, 0.25) is 0 Å². The van der Waals surface area contributed by atoms with Crippen LogP contribution in [-0.4, -0.2) is 0 Å². The van der Waals surface area contributed by atoms with E-state index in [0.29, 0.717) is 5.41 Å². The largest absolute Gasteiger partial charge is 0.0625 e. The van der Waals surface area contributed by atoms with Crippen LogP contribution in [0.15, 0.2) is 0 Å². The standard InChI is InChI=1S/C13H24/c1-9(2)11-8-13(12(3,4)5)6-10(11)7-13/h9-11H,6-8H2,1-5H3. The van der Waals surface area contributed by atoms with Gasteiger partial charge in [0.2, 0.25) is 0 Å². The molecule has 3 aliphatic carbocycles. The van der Waals surface area contributed by atoms with Crippen molar-refractivity contribution in [1.29, 1.82) is 0 Å². The predicted octanol–water partition coefficient (Wildman–Crippen LogP) is 4.10. The van der Waals surface area contributed by atoms with E-state index in [4.69, 9.17) is 0 Å². The van der Waals surface area contributed by atoms with Crippen molar-refractivity contribution in [2.75, 3.05) is 0 Å². The van der Waals surface area contributed by atoms with Gasteiger partial charge in [0.05, 0.1) is 0 Å². The first-order valence-corrected chi connectivity index (χ1v) is 5.86. The minimum Gasteiger partial charge on any atom is -0.0625 e. The highest BCUT2D eigenvalue weighted by Crippen LogP contribution is 2.70. The first kappa shape index (κ1) is 9.55. The van der Waals surface area contributed by atoms with Gasteiger partial charge in [-0.05, 0) is 47.8 Å². The van der Waals surface area contributed by atoms with Crippen molar-refractivity contribution in [2.24, 2.45) is 28.6 Å². The van der Waals surface area contributed by atoms with Crippen LogP contribution in [0.4, 0.5) is 0 Å². The summed E-state index contributed by atoms with van der Waals surface area (Å²) in [6, 6.07) is 0. The summed E-state index contributed by atoms with van der Waals surface area (Å²) in [4.78, 5) is 0. The smallest absolute Gasteiger partial charge is 0.0241 e. The SMILES string of the molecule is CC(C)C1CC2(C(C)(C)C)CC1C2. The lowest BCUT2D eigenvalue weighted by atomic mass is 9.56. The molecule has 0 saturated heterocycles.